The summed E-state index contributed by atoms with van der Waals surface area (Å²) in [6.45, 7) is 1.58. The monoisotopic (exact) mass is 231 g/mol. The van der Waals surface area contributed by atoms with Gasteiger partial charge in [-0.2, -0.15) is 0 Å². The number of aliphatic hydroxyl groups is 1. The Bertz CT molecular complexity index is 280. The van der Waals surface area contributed by atoms with E-state index in [4.69, 9.17) is 14.9 Å². The molecule has 0 aromatic heterocycles. The molecule has 1 saturated heterocycles. The van der Waals surface area contributed by atoms with Gasteiger partial charge in [0.1, 0.15) is 6.10 Å². The number of rotatable bonds is 4. The third kappa shape index (κ3) is 2.70. The van der Waals surface area contributed by atoms with Gasteiger partial charge >= 0.3 is 5.97 Å². The van der Waals surface area contributed by atoms with Crippen LogP contribution in [-0.2, 0) is 14.3 Å². The van der Waals surface area contributed by atoms with Crippen molar-refractivity contribution in [1.29, 1.82) is 0 Å². The van der Waals surface area contributed by atoms with E-state index < -0.39 is 18.2 Å². The van der Waals surface area contributed by atoms with Crippen LogP contribution in [0.25, 0.3) is 0 Å². The molecule has 0 spiro atoms. The summed E-state index contributed by atoms with van der Waals surface area (Å²) in [6.07, 6.45) is -0.808. The first-order valence-corrected chi connectivity index (χ1v) is 5.23. The fourth-order valence-electron chi connectivity index (χ4n) is 1.57. The van der Waals surface area contributed by atoms with Crippen molar-refractivity contribution in [3.63, 3.8) is 0 Å². The van der Waals surface area contributed by atoms with E-state index >= 15 is 0 Å². The van der Waals surface area contributed by atoms with E-state index in [-0.39, 0.29) is 18.6 Å². The minimum Gasteiger partial charge on any atom is -0.479 e. The van der Waals surface area contributed by atoms with Crippen molar-refractivity contribution in [3.8, 4) is 0 Å². The molecule has 1 amide bonds. The highest BCUT2D eigenvalue weighted by Crippen LogP contribution is 2.21. The molecule has 0 aliphatic carbocycles. The van der Waals surface area contributed by atoms with E-state index in [1.165, 1.54) is 4.90 Å². The Morgan fingerprint density at radius 3 is 2.44 bits per heavy atom. The summed E-state index contributed by atoms with van der Waals surface area (Å²) in [5.74, 6) is -1.31. The highest BCUT2D eigenvalue weighted by atomic mass is 16.5. The van der Waals surface area contributed by atoms with Gasteiger partial charge in [0.05, 0.1) is 12.6 Å². The Kier molecular flexibility index (Phi) is 4.26. The lowest BCUT2D eigenvalue weighted by Crippen LogP contribution is -2.43. The van der Waals surface area contributed by atoms with E-state index in [9.17, 15) is 9.59 Å². The Balaban J connectivity index is 2.54. The highest BCUT2D eigenvalue weighted by molar-refractivity contribution is 5.82. The minimum atomic E-state index is -1.03. The molecule has 1 fully saturated rings. The Hall–Kier alpha value is -1.14. The highest BCUT2D eigenvalue weighted by Gasteiger charge is 2.36. The number of aliphatic carboxylic acids is 1. The van der Waals surface area contributed by atoms with Gasteiger partial charge in [-0.3, -0.25) is 4.79 Å². The summed E-state index contributed by atoms with van der Waals surface area (Å²) < 4.78 is 5.13. The van der Waals surface area contributed by atoms with Crippen LogP contribution in [-0.4, -0.2) is 58.9 Å². The summed E-state index contributed by atoms with van der Waals surface area (Å²) in [5.41, 5.74) is 0. The molecule has 6 nitrogen and oxygen atoms in total. The van der Waals surface area contributed by atoms with Crippen LogP contribution in [0.3, 0.4) is 0 Å². The maximum absolute atomic E-state index is 11.8. The minimum absolute atomic E-state index is 0.128. The second kappa shape index (κ2) is 5.27. The van der Waals surface area contributed by atoms with Crippen molar-refractivity contribution >= 4 is 11.9 Å². The van der Waals surface area contributed by atoms with Crippen molar-refractivity contribution in [2.45, 2.75) is 38.0 Å². The van der Waals surface area contributed by atoms with E-state index in [1.807, 2.05) is 0 Å². The van der Waals surface area contributed by atoms with E-state index in [1.54, 1.807) is 14.0 Å². The number of hydrogen-bond acceptors (Lipinski definition) is 4. The van der Waals surface area contributed by atoms with Crippen molar-refractivity contribution in [2.75, 3.05) is 13.7 Å². The number of amides is 1. The van der Waals surface area contributed by atoms with Gasteiger partial charge in [-0.1, -0.05) is 0 Å². The molecule has 1 aliphatic rings. The van der Waals surface area contributed by atoms with Crippen molar-refractivity contribution < 1.29 is 24.5 Å². The predicted octanol–water partition coefficient (Wildman–Crippen LogP) is -0.542. The number of hydrogen-bond donors (Lipinski definition) is 2. The summed E-state index contributed by atoms with van der Waals surface area (Å²) in [5, 5.41) is 17.6. The second-order valence-corrected chi connectivity index (χ2v) is 4.01. The van der Waals surface area contributed by atoms with Crippen LogP contribution in [0.4, 0.5) is 0 Å². The van der Waals surface area contributed by atoms with Crippen LogP contribution < -0.4 is 0 Å². The lowest BCUT2D eigenvalue weighted by Gasteiger charge is -2.25. The third-order valence-corrected chi connectivity index (χ3v) is 2.84. The smallest absolute Gasteiger partial charge is 0.332 e. The van der Waals surface area contributed by atoms with Crippen molar-refractivity contribution in [3.05, 3.63) is 0 Å². The lowest BCUT2D eigenvalue weighted by atomic mass is 10.1. The summed E-state index contributed by atoms with van der Waals surface area (Å²) in [4.78, 5) is 23.8. The van der Waals surface area contributed by atoms with Gasteiger partial charge in [0.15, 0.2) is 6.10 Å². The van der Waals surface area contributed by atoms with E-state index in [0.29, 0.717) is 12.8 Å². The molecule has 0 aromatic rings. The molecule has 3 atom stereocenters. The van der Waals surface area contributed by atoms with Crippen LogP contribution in [0.5, 0.6) is 0 Å². The topological polar surface area (TPSA) is 87.1 Å². The first-order valence-electron chi connectivity index (χ1n) is 5.23. The molecule has 3 unspecified atom stereocenters. The zero-order chi connectivity index (χ0) is 12.3. The fraction of sp³-hybridized carbons (Fsp3) is 0.800. The number of carboxylic acid groups (broad SMARTS) is 1. The first-order chi connectivity index (χ1) is 7.47. The average Bonchev–Trinajstić information content (AvgIpc) is 2.75. The molecule has 92 valence electrons. The Morgan fingerprint density at radius 2 is 2.00 bits per heavy atom. The van der Waals surface area contributed by atoms with Gasteiger partial charge in [0.2, 0.25) is 0 Å². The van der Waals surface area contributed by atoms with Crippen LogP contribution >= 0.6 is 0 Å². The van der Waals surface area contributed by atoms with Crippen LogP contribution in [0.15, 0.2) is 0 Å². The van der Waals surface area contributed by atoms with Gasteiger partial charge in [-0.05, 0) is 19.8 Å². The Labute approximate surface area is 93.8 Å². The molecular weight excluding hydrogens is 214 g/mol. The average molecular weight is 231 g/mol. The van der Waals surface area contributed by atoms with Crippen LogP contribution in [0.1, 0.15) is 19.8 Å². The standard InChI is InChI=1S/C10H17NO5/c1-6(5-12)11(2)9(13)7-3-4-8(16-7)10(14)15/h6-8,12H,3-5H2,1-2H3,(H,14,15). The molecule has 1 heterocycles. The van der Waals surface area contributed by atoms with Gasteiger partial charge in [-0.25, -0.2) is 4.79 Å². The number of nitrogens with zero attached hydrogens (tertiary/aromatic N) is 1. The number of carboxylic acids is 1. The summed E-state index contributed by atoms with van der Waals surface area (Å²) in [7, 11) is 1.57. The normalized spacial score (nSPS) is 26.4. The largest absolute Gasteiger partial charge is 0.479 e. The van der Waals surface area contributed by atoms with Crippen molar-refractivity contribution in [2.24, 2.45) is 0 Å². The van der Waals surface area contributed by atoms with Crippen molar-refractivity contribution in [1.82, 2.24) is 4.90 Å². The molecule has 0 aromatic carbocycles. The number of carbonyl (C=O) groups excluding carboxylic acids is 1. The maximum Gasteiger partial charge on any atom is 0.332 e. The molecule has 0 saturated carbocycles. The number of carbonyl (C=O) groups is 2. The van der Waals surface area contributed by atoms with Gasteiger partial charge in [0, 0.05) is 7.05 Å². The number of ether oxygens (including phenoxy) is 1. The zero-order valence-corrected chi connectivity index (χ0v) is 9.42. The lowest BCUT2D eigenvalue weighted by molar-refractivity contribution is -0.155. The molecule has 6 heteroatoms. The Morgan fingerprint density at radius 1 is 1.44 bits per heavy atom. The summed E-state index contributed by atoms with van der Waals surface area (Å²) >= 11 is 0. The van der Waals surface area contributed by atoms with Crippen LogP contribution in [0, 0.1) is 0 Å². The third-order valence-electron chi connectivity index (χ3n) is 2.84. The van der Waals surface area contributed by atoms with E-state index in [0.717, 1.165) is 0 Å². The molecule has 1 rings (SSSR count). The molecule has 1 aliphatic heterocycles. The second-order valence-electron chi connectivity index (χ2n) is 4.01. The molecular formula is C10H17NO5. The van der Waals surface area contributed by atoms with E-state index in [2.05, 4.69) is 0 Å². The first kappa shape index (κ1) is 12.9. The predicted molar refractivity (Wildman–Crippen MR) is 54.8 cm³/mol. The molecule has 16 heavy (non-hydrogen) atoms. The molecule has 0 radical (unpaired) electrons. The number of aliphatic hydroxyl groups excluding tert-OH is 1. The quantitative estimate of drug-likeness (QED) is 0.678. The summed E-state index contributed by atoms with van der Waals surface area (Å²) in [6, 6.07) is -0.292. The van der Waals surface area contributed by atoms with Gasteiger partial charge in [0.25, 0.3) is 5.91 Å². The molecule has 2 N–H and O–H groups in total. The van der Waals surface area contributed by atoms with Gasteiger partial charge in [-0.15, -0.1) is 0 Å². The zero-order valence-electron chi connectivity index (χ0n) is 9.42. The SMILES string of the molecule is CC(CO)N(C)C(=O)C1CCC(C(=O)O)O1. The maximum atomic E-state index is 11.8. The van der Waals surface area contributed by atoms with Gasteiger partial charge < -0.3 is 19.8 Å². The van der Waals surface area contributed by atoms with Crippen LogP contribution in [0.2, 0.25) is 0 Å². The fourth-order valence-corrected chi connectivity index (χ4v) is 1.57. The number of likely N-dealkylation sites (N-methyl/N-ethyl adjacent to an activating group) is 1. The molecule has 0 bridgehead atoms.